The Hall–Kier alpha value is -2.21. The van der Waals surface area contributed by atoms with E-state index in [2.05, 4.69) is 20.2 Å². The molecule has 3 rings (SSSR count). The van der Waals surface area contributed by atoms with Gasteiger partial charge in [0.25, 0.3) is 0 Å². The monoisotopic (exact) mass is 288 g/mol. The number of hydrogen-bond acceptors (Lipinski definition) is 5. The first-order chi connectivity index (χ1) is 10.2. The molecule has 110 valence electrons. The van der Waals surface area contributed by atoms with Crippen molar-refractivity contribution in [3.05, 3.63) is 42.0 Å². The SMILES string of the molecule is Cc1cc(F)ccc1Oc1cc(N2CCNCC2)ncn1. The second-order valence-electron chi connectivity index (χ2n) is 4.96. The molecule has 1 aromatic heterocycles. The van der Waals surface area contributed by atoms with Crippen molar-refractivity contribution < 1.29 is 9.13 Å². The summed E-state index contributed by atoms with van der Waals surface area (Å²) in [7, 11) is 0. The number of rotatable bonds is 3. The molecular weight excluding hydrogens is 271 g/mol. The van der Waals surface area contributed by atoms with Crippen molar-refractivity contribution in [3.8, 4) is 11.6 Å². The van der Waals surface area contributed by atoms with Gasteiger partial charge in [-0.05, 0) is 30.7 Å². The average molecular weight is 288 g/mol. The minimum atomic E-state index is -0.274. The molecule has 1 N–H and O–H groups in total. The Morgan fingerprint density at radius 2 is 2.00 bits per heavy atom. The van der Waals surface area contributed by atoms with Crippen molar-refractivity contribution in [1.29, 1.82) is 0 Å². The molecule has 1 aliphatic heterocycles. The zero-order valence-electron chi connectivity index (χ0n) is 11.8. The lowest BCUT2D eigenvalue weighted by molar-refractivity contribution is 0.455. The van der Waals surface area contributed by atoms with E-state index in [4.69, 9.17) is 4.74 Å². The first kappa shape index (κ1) is 13.8. The Labute approximate surface area is 122 Å². The summed E-state index contributed by atoms with van der Waals surface area (Å²) < 4.78 is 18.8. The number of piperazine rings is 1. The molecule has 21 heavy (non-hydrogen) atoms. The fourth-order valence-electron chi connectivity index (χ4n) is 2.29. The highest BCUT2D eigenvalue weighted by atomic mass is 19.1. The number of halogens is 1. The number of aryl methyl sites for hydroxylation is 1. The highest BCUT2D eigenvalue weighted by molar-refractivity contribution is 5.43. The van der Waals surface area contributed by atoms with Crippen molar-refractivity contribution in [3.63, 3.8) is 0 Å². The Morgan fingerprint density at radius 1 is 1.19 bits per heavy atom. The summed E-state index contributed by atoms with van der Waals surface area (Å²) in [5.74, 6) is 1.64. The molecule has 5 nitrogen and oxygen atoms in total. The maximum absolute atomic E-state index is 13.1. The third kappa shape index (κ3) is 3.28. The van der Waals surface area contributed by atoms with Crippen LogP contribution in [0.3, 0.4) is 0 Å². The van der Waals surface area contributed by atoms with Gasteiger partial charge >= 0.3 is 0 Å². The molecule has 1 fully saturated rings. The van der Waals surface area contributed by atoms with Crippen LogP contribution in [-0.2, 0) is 0 Å². The molecule has 0 radical (unpaired) electrons. The van der Waals surface area contributed by atoms with E-state index >= 15 is 0 Å². The Bertz CT molecular complexity index is 629. The normalized spacial score (nSPS) is 15.0. The van der Waals surface area contributed by atoms with Crippen LogP contribution in [0.4, 0.5) is 10.2 Å². The molecule has 6 heteroatoms. The Balaban J connectivity index is 1.79. The van der Waals surface area contributed by atoms with Crippen LogP contribution >= 0.6 is 0 Å². The molecule has 0 spiro atoms. The van der Waals surface area contributed by atoms with Crippen molar-refractivity contribution in [2.24, 2.45) is 0 Å². The third-order valence-electron chi connectivity index (χ3n) is 3.42. The van der Waals surface area contributed by atoms with E-state index in [-0.39, 0.29) is 5.82 Å². The minimum absolute atomic E-state index is 0.274. The van der Waals surface area contributed by atoms with Gasteiger partial charge < -0.3 is 15.0 Å². The van der Waals surface area contributed by atoms with Crippen molar-refractivity contribution in [2.45, 2.75) is 6.92 Å². The van der Waals surface area contributed by atoms with Gasteiger partial charge in [0.1, 0.15) is 23.7 Å². The highest BCUT2D eigenvalue weighted by Gasteiger charge is 2.13. The largest absolute Gasteiger partial charge is 0.439 e. The number of hydrogen-bond donors (Lipinski definition) is 1. The molecule has 0 amide bonds. The predicted molar refractivity (Wildman–Crippen MR) is 78.3 cm³/mol. The topological polar surface area (TPSA) is 50.3 Å². The van der Waals surface area contributed by atoms with Crippen molar-refractivity contribution >= 4 is 5.82 Å². The molecule has 0 saturated carbocycles. The predicted octanol–water partition coefficient (Wildman–Crippen LogP) is 2.13. The molecule has 0 atom stereocenters. The van der Waals surface area contributed by atoms with Crippen LogP contribution in [0.25, 0.3) is 0 Å². The summed E-state index contributed by atoms with van der Waals surface area (Å²) in [5, 5.41) is 3.30. The lowest BCUT2D eigenvalue weighted by atomic mass is 10.2. The minimum Gasteiger partial charge on any atom is -0.439 e. The molecule has 0 bridgehead atoms. The summed E-state index contributed by atoms with van der Waals surface area (Å²) in [5.41, 5.74) is 0.734. The van der Waals surface area contributed by atoms with E-state index in [0.29, 0.717) is 11.6 Å². The quantitative estimate of drug-likeness (QED) is 0.937. The van der Waals surface area contributed by atoms with Crippen LogP contribution in [0.5, 0.6) is 11.6 Å². The van der Waals surface area contributed by atoms with E-state index in [9.17, 15) is 4.39 Å². The van der Waals surface area contributed by atoms with Gasteiger partial charge in [-0.1, -0.05) is 0 Å². The number of nitrogens with one attached hydrogen (secondary N) is 1. The second kappa shape index (κ2) is 6.05. The second-order valence-corrected chi connectivity index (χ2v) is 4.96. The van der Waals surface area contributed by atoms with E-state index in [1.165, 1.54) is 18.5 Å². The summed E-state index contributed by atoms with van der Waals surface area (Å²) in [4.78, 5) is 10.6. The van der Waals surface area contributed by atoms with E-state index < -0.39 is 0 Å². The lowest BCUT2D eigenvalue weighted by Crippen LogP contribution is -2.43. The first-order valence-electron chi connectivity index (χ1n) is 6.94. The van der Waals surface area contributed by atoms with Crippen LogP contribution < -0.4 is 15.0 Å². The number of benzene rings is 1. The third-order valence-corrected chi connectivity index (χ3v) is 3.42. The van der Waals surface area contributed by atoms with Gasteiger partial charge in [-0.3, -0.25) is 0 Å². The van der Waals surface area contributed by atoms with E-state index in [1.807, 2.05) is 6.07 Å². The van der Waals surface area contributed by atoms with Gasteiger partial charge in [-0.2, -0.15) is 0 Å². The summed E-state index contributed by atoms with van der Waals surface area (Å²) in [6.07, 6.45) is 1.49. The van der Waals surface area contributed by atoms with Crippen molar-refractivity contribution in [2.75, 3.05) is 31.1 Å². The van der Waals surface area contributed by atoms with E-state index in [0.717, 1.165) is 37.6 Å². The molecule has 2 aromatic rings. The van der Waals surface area contributed by atoms with Crippen LogP contribution in [-0.4, -0.2) is 36.1 Å². The molecule has 1 aromatic carbocycles. The lowest BCUT2D eigenvalue weighted by Gasteiger charge is -2.28. The zero-order valence-corrected chi connectivity index (χ0v) is 11.8. The zero-order chi connectivity index (χ0) is 14.7. The fourth-order valence-corrected chi connectivity index (χ4v) is 2.29. The van der Waals surface area contributed by atoms with Crippen LogP contribution in [0, 0.1) is 12.7 Å². The van der Waals surface area contributed by atoms with Crippen LogP contribution in [0.1, 0.15) is 5.56 Å². The number of nitrogens with zero attached hydrogens (tertiary/aromatic N) is 3. The van der Waals surface area contributed by atoms with E-state index in [1.54, 1.807) is 13.0 Å². The van der Waals surface area contributed by atoms with Gasteiger partial charge in [0, 0.05) is 32.2 Å². The molecular formula is C15H17FN4O. The molecule has 1 saturated heterocycles. The van der Waals surface area contributed by atoms with Crippen LogP contribution in [0.15, 0.2) is 30.6 Å². The summed E-state index contributed by atoms with van der Waals surface area (Å²) in [6.45, 7) is 5.50. The van der Waals surface area contributed by atoms with Gasteiger partial charge in [0.2, 0.25) is 5.88 Å². The summed E-state index contributed by atoms with van der Waals surface area (Å²) in [6, 6.07) is 6.24. The standard InChI is InChI=1S/C15H17FN4O/c1-11-8-12(16)2-3-13(11)21-15-9-14(18-10-19-15)20-6-4-17-5-7-20/h2-3,8-10,17H,4-7H2,1H3. The first-order valence-corrected chi connectivity index (χ1v) is 6.94. The van der Waals surface area contributed by atoms with Gasteiger partial charge in [0.15, 0.2) is 0 Å². The van der Waals surface area contributed by atoms with Crippen LogP contribution in [0.2, 0.25) is 0 Å². The maximum Gasteiger partial charge on any atom is 0.224 e. The molecule has 1 aliphatic rings. The number of anilines is 1. The number of aromatic nitrogens is 2. The average Bonchev–Trinajstić information content (AvgIpc) is 2.51. The van der Waals surface area contributed by atoms with Crippen molar-refractivity contribution in [1.82, 2.24) is 15.3 Å². The number of ether oxygens (including phenoxy) is 1. The molecule has 2 heterocycles. The molecule has 0 unspecified atom stereocenters. The Morgan fingerprint density at radius 3 is 2.76 bits per heavy atom. The highest BCUT2D eigenvalue weighted by Crippen LogP contribution is 2.25. The van der Waals surface area contributed by atoms with Gasteiger partial charge in [0.05, 0.1) is 0 Å². The fraction of sp³-hybridized carbons (Fsp3) is 0.333. The Kier molecular flexibility index (Phi) is 3.96. The van der Waals surface area contributed by atoms with Gasteiger partial charge in [-0.15, -0.1) is 0 Å². The van der Waals surface area contributed by atoms with Gasteiger partial charge in [-0.25, -0.2) is 14.4 Å². The maximum atomic E-state index is 13.1. The molecule has 0 aliphatic carbocycles. The smallest absolute Gasteiger partial charge is 0.224 e. The summed E-state index contributed by atoms with van der Waals surface area (Å²) >= 11 is 0.